The minimum atomic E-state index is -0.686. The first-order valence-electron chi connectivity index (χ1n) is 13.7. The van der Waals surface area contributed by atoms with Crippen molar-refractivity contribution in [3.8, 4) is 0 Å². The lowest BCUT2D eigenvalue weighted by atomic mass is 9.91. The van der Waals surface area contributed by atoms with Crippen molar-refractivity contribution in [3.05, 3.63) is 89.5 Å². The summed E-state index contributed by atoms with van der Waals surface area (Å²) in [6.45, 7) is 3.82. The van der Waals surface area contributed by atoms with Gasteiger partial charge in [-0.1, -0.05) is 67.2 Å². The molecule has 5 rings (SSSR count). The predicted molar refractivity (Wildman–Crippen MR) is 163 cm³/mol. The first-order valence-corrected chi connectivity index (χ1v) is 15.5. The third-order valence-corrected chi connectivity index (χ3v) is 9.15. The first-order chi connectivity index (χ1) is 20.4. The molecule has 4 aromatic rings. The van der Waals surface area contributed by atoms with E-state index in [1.54, 1.807) is 42.2 Å². The normalized spacial score (nSPS) is 20.3. The summed E-state index contributed by atoms with van der Waals surface area (Å²) < 4.78 is 20.1. The highest BCUT2D eigenvalue weighted by atomic mass is 32.2. The van der Waals surface area contributed by atoms with Gasteiger partial charge in [-0.05, 0) is 42.3 Å². The minimum Gasteiger partial charge on any atom is -0.465 e. The molecule has 4 atom stereocenters. The number of nitrogens with one attached hydrogen (secondary N) is 2. The van der Waals surface area contributed by atoms with Gasteiger partial charge in [0.1, 0.15) is 6.54 Å². The molecule has 0 unspecified atom stereocenters. The summed E-state index contributed by atoms with van der Waals surface area (Å²) in [5, 5.41) is 14.8. The summed E-state index contributed by atoms with van der Waals surface area (Å²) in [6.07, 6.45) is -1.11. The average molecular weight is 608 g/mol. The van der Waals surface area contributed by atoms with Crippen molar-refractivity contribution in [2.45, 2.75) is 43.3 Å². The molecule has 9 nitrogen and oxygen atoms in total. The number of amides is 2. The van der Waals surface area contributed by atoms with Crippen molar-refractivity contribution in [1.82, 2.24) is 10.3 Å². The van der Waals surface area contributed by atoms with E-state index in [4.69, 9.17) is 19.2 Å². The molecule has 3 aromatic carbocycles. The summed E-state index contributed by atoms with van der Waals surface area (Å²) in [5.41, 5.74) is 4.09. The number of aromatic nitrogens is 1. The number of aliphatic hydroxyl groups is 1. The average Bonchev–Trinajstić information content (AvgIpc) is 3.43. The second-order valence-corrected chi connectivity index (χ2v) is 12.1. The van der Waals surface area contributed by atoms with Gasteiger partial charge in [0.05, 0.1) is 35.6 Å². The van der Waals surface area contributed by atoms with Crippen LogP contribution < -0.4 is 10.6 Å². The van der Waals surface area contributed by atoms with Gasteiger partial charge in [0.15, 0.2) is 10.6 Å². The van der Waals surface area contributed by atoms with E-state index in [-0.39, 0.29) is 37.9 Å². The SMILES string of the molecule is CCOC(=O)CNC(=O)Nc1cccc([C@H]2O[C@@H](CSc3nc4ccccc4s3)[C@@H](C)[C@@H](c3ccc(CO)cc3)O2)c1. The monoisotopic (exact) mass is 607 g/mol. The molecule has 1 fully saturated rings. The number of hydrogen-bond acceptors (Lipinski definition) is 9. The Labute approximate surface area is 252 Å². The molecule has 11 heteroatoms. The molecule has 2 heterocycles. The van der Waals surface area contributed by atoms with Crippen LogP contribution in [0.4, 0.5) is 10.5 Å². The van der Waals surface area contributed by atoms with Gasteiger partial charge >= 0.3 is 12.0 Å². The number of urea groups is 1. The molecule has 0 aliphatic carbocycles. The van der Waals surface area contributed by atoms with E-state index in [1.807, 2.05) is 54.6 Å². The van der Waals surface area contributed by atoms with Crippen LogP contribution in [0.1, 0.15) is 42.9 Å². The van der Waals surface area contributed by atoms with Crippen LogP contribution in [0.5, 0.6) is 0 Å². The molecule has 42 heavy (non-hydrogen) atoms. The van der Waals surface area contributed by atoms with E-state index < -0.39 is 18.3 Å². The molecule has 2 amide bonds. The lowest BCUT2D eigenvalue weighted by Gasteiger charge is -2.41. The number of benzene rings is 3. The van der Waals surface area contributed by atoms with E-state index in [9.17, 15) is 14.7 Å². The van der Waals surface area contributed by atoms with Crippen molar-refractivity contribution < 1.29 is 28.9 Å². The summed E-state index contributed by atoms with van der Waals surface area (Å²) in [4.78, 5) is 28.7. The summed E-state index contributed by atoms with van der Waals surface area (Å²) in [5.74, 6) is 0.200. The number of carbonyl (C=O) groups is 2. The van der Waals surface area contributed by atoms with E-state index in [2.05, 4.69) is 23.6 Å². The highest BCUT2D eigenvalue weighted by Gasteiger charge is 2.38. The van der Waals surface area contributed by atoms with Gasteiger partial charge in [0, 0.05) is 22.9 Å². The largest absolute Gasteiger partial charge is 0.465 e. The maximum absolute atomic E-state index is 12.4. The molecule has 0 radical (unpaired) electrons. The van der Waals surface area contributed by atoms with Gasteiger partial charge in [-0.2, -0.15) is 0 Å². The number of aliphatic hydroxyl groups excluding tert-OH is 1. The van der Waals surface area contributed by atoms with E-state index in [0.29, 0.717) is 11.4 Å². The summed E-state index contributed by atoms with van der Waals surface area (Å²) in [6, 6.07) is 22.6. The topological polar surface area (TPSA) is 119 Å². The quantitative estimate of drug-likeness (QED) is 0.147. The number of fused-ring (bicyclic) bond motifs is 1. The fraction of sp³-hybridized carbons (Fsp3) is 0.323. The van der Waals surface area contributed by atoms with Crippen molar-refractivity contribution in [1.29, 1.82) is 0 Å². The molecule has 3 N–H and O–H groups in total. The van der Waals surface area contributed by atoms with Gasteiger partial charge in [-0.3, -0.25) is 4.79 Å². The Morgan fingerprint density at radius 3 is 2.62 bits per heavy atom. The Hall–Kier alpha value is -3.48. The maximum atomic E-state index is 12.4. The van der Waals surface area contributed by atoms with Crippen molar-refractivity contribution in [2.24, 2.45) is 5.92 Å². The van der Waals surface area contributed by atoms with Crippen LogP contribution in [-0.4, -0.2) is 47.1 Å². The Morgan fingerprint density at radius 2 is 1.86 bits per heavy atom. The zero-order chi connectivity index (χ0) is 29.5. The number of anilines is 1. The smallest absolute Gasteiger partial charge is 0.325 e. The fourth-order valence-electron chi connectivity index (χ4n) is 4.68. The Morgan fingerprint density at radius 1 is 1.05 bits per heavy atom. The summed E-state index contributed by atoms with van der Waals surface area (Å²) >= 11 is 3.34. The van der Waals surface area contributed by atoms with Gasteiger partial charge < -0.3 is 30.0 Å². The zero-order valence-corrected chi connectivity index (χ0v) is 25.0. The van der Waals surface area contributed by atoms with Gasteiger partial charge in [-0.25, -0.2) is 9.78 Å². The molecule has 0 bridgehead atoms. The highest BCUT2D eigenvalue weighted by molar-refractivity contribution is 8.01. The van der Waals surface area contributed by atoms with Crippen molar-refractivity contribution >= 4 is 51.0 Å². The van der Waals surface area contributed by atoms with Gasteiger partial charge in [-0.15, -0.1) is 11.3 Å². The van der Waals surface area contributed by atoms with Crippen LogP contribution >= 0.6 is 23.1 Å². The van der Waals surface area contributed by atoms with Crippen LogP contribution in [0.25, 0.3) is 10.2 Å². The number of thioether (sulfide) groups is 1. The molecule has 1 saturated heterocycles. The number of nitrogens with zero attached hydrogens (tertiary/aromatic N) is 1. The summed E-state index contributed by atoms with van der Waals surface area (Å²) in [7, 11) is 0. The molecule has 0 saturated carbocycles. The predicted octanol–water partition coefficient (Wildman–Crippen LogP) is 6.06. The van der Waals surface area contributed by atoms with Crippen molar-refractivity contribution in [2.75, 3.05) is 24.2 Å². The highest BCUT2D eigenvalue weighted by Crippen LogP contribution is 2.43. The molecular weight excluding hydrogens is 574 g/mol. The third kappa shape index (κ3) is 7.47. The fourth-order valence-corrected chi connectivity index (χ4v) is 6.94. The Bertz CT molecular complexity index is 1480. The van der Waals surface area contributed by atoms with Gasteiger partial charge in [0.2, 0.25) is 0 Å². The zero-order valence-electron chi connectivity index (χ0n) is 23.3. The molecular formula is C31H33N3O6S2. The number of para-hydroxylation sites is 1. The lowest BCUT2D eigenvalue weighted by Crippen LogP contribution is -2.38. The van der Waals surface area contributed by atoms with Crippen molar-refractivity contribution in [3.63, 3.8) is 0 Å². The Kier molecular flexibility index (Phi) is 10.1. The van der Waals surface area contributed by atoms with Crippen LogP contribution in [0.15, 0.2) is 77.1 Å². The molecule has 1 aromatic heterocycles. The number of esters is 1. The first kappa shape index (κ1) is 30.0. The van der Waals surface area contributed by atoms with Gasteiger partial charge in [0.25, 0.3) is 0 Å². The number of carbonyl (C=O) groups excluding carboxylic acids is 2. The number of rotatable bonds is 10. The number of thiazole rings is 1. The third-order valence-electron chi connectivity index (χ3n) is 6.88. The van der Waals surface area contributed by atoms with Crippen LogP contribution in [0, 0.1) is 5.92 Å². The van der Waals surface area contributed by atoms with Crippen LogP contribution in [-0.2, 0) is 25.6 Å². The van der Waals surface area contributed by atoms with E-state index in [1.165, 1.54) is 0 Å². The minimum absolute atomic E-state index is 0.0260. The molecule has 220 valence electrons. The molecule has 1 aliphatic rings. The number of hydrogen-bond donors (Lipinski definition) is 3. The number of ether oxygens (including phenoxy) is 3. The van der Waals surface area contributed by atoms with E-state index in [0.717, 1.165) is 31.2 Å². The standard InChI is InChI=1S/C31H33N3O6S2/c1-3-38-27(36)16-32-30(37)33-23-8-6-7-22(15-23)29-39-25(18-41-31-34-24-9-4-5-10-26(24)42-31)19(2)28(40-29)21-13-11-20(17-35)12-14-21/h4-15,19,25,28-29,35H,3,16-18H2,1-2H3,(H2,32,33,37)/t19-,25+,28+,29+/m1/s1. The second kappa shape index (κ2) is 14.1. The van der Waals surface area contributed by atoms with Crippen LogP contribution in [0.2, 0.25) is 0 Å². The Balaban J connectivity index is 1.33. The molecule has 1 aliphatic heterocycles. The second-order valence-electron chi connectivity index (χ2n) is 9.82. The van der Waals surface area contributed by atoms with Crippen LogP contribution in [0.3, 0.4) is 0 Å². The molecule has 0 spiro atoms. The maximum Gasteiger partial charge on any atom is 0.325 e. The lowest BCUT2D eigenvalue weighted by molar-refractivity contribution is -0.268. The van der Waals surface area contributed by atoms with E-state index >= 15 is 0 Å².